The third-order valence-electron chi connectivity index (χ3n) is 3.19. The Labute approximate surface area is 115 Å². The first-order valence-electron chi connectivity index (χ1n) is 6.78. The lowest BCUT2D eigenvalue weighted by Gasteiger charge is -2.09. The minimum atomic E-state index is -0.939. The van der Waals surface area contributed by atoms with Crippen LogP contribution in [0.2, 0.25) is 0 Å². The number of aliphatic carboxylic acids is 1. The normalized spacial score (nSPS) is 12.6. The Balaban J connectivity index is 2.21. The number of hydrogen-bond acceptors (Lipinski definition) is 3. The van der Waals surface area contributed by atoms with E-state index in [1.54, 1.807) is 0 Å². The molecular weight excluding hydrogens is 240 g/mol. The Bertz CT molecular complexity index is 388. The van der Waals surface area contributed by atoms with Crippen molar-refractivity contribution in [3.8, 4) is 0 Å². The summed E-state index contributed by atoms with van der Waals surface area (Å²) < 4.78 is 0. The molecule has 0 radical (unpaired) electrons. The van der Waals surface area contributed by atoms with Crippen molar-refractivity contribution in [2.45, 2.75) is 38.6 Å². The zero-order valence-electron chi connectivity index (χ0n) is 11.7. The summed E-state index contributed by atoms with van der Waals surface area (Å²) in [7, 11) is 0. The Kier molecular flexibility index (Phi) is 6.53. The van der Waals surface area contributed by atoms with Crippen LogP contribution in [0.25, 0.3) is 0 Å². The van der Waals surface area contributed by atoms with Crippen molar-refractivity contribution in [2.24, 2.45) is 5.73 Å². The van der Waals surface area contributed by atoms with Gasteiger partial charge in [0, 0.05) is 0 Å². The largest absolute Gasteiger partial charge is 0.480 e. The number of carboxylic acids is 1. The highest BCUT2D eigenvalue weighted by atomic mass is 16.4. The molecule has 0 aromatic heterocycles. The molecule has 4 nitrogen and oxygen atoms in total. The van der Waals surface area contributed by atoms with Crippen LogP contribution < -0.4 is 11.1 Å². The molecule has 0 saturated carbocycles. The van der Waals surface area contributed by atoms with E-state index < -0.39 is 12.0 Å². The maximum absolute atomic E-state index is 10.5. The molecular formula is C15H24N2O2. The van der Waals surface area contributed by atoms with Crippen LogP contribution in [0.3, 0.4) is 0 Å². The molecule has 0 aliphatic heterocycles. The van der Waals surface area contributed by atoms with Crippen molar-refractivity contribution >= 4 is 5.97 Å². The Hall–Kier alpha value is -1.39. The van der Waals surface area contributed by atoms with Crippen LogP contribution in [0.5, 0.6) is 0 Å². The molecule has 1 atom stereocenters. The second kappa shape index (κ2) is 7.92. The number of carboxylic acid groups (broad SMARTS) is 1. The number of carbonyl (C=O) groups is 1. The van der Waals surface area contributed by atoms with Gasteiger partial charge in [-0.3, -0.25) is 4.79 Å². The molecule has 0 saturated heterocycles. The van der Waals surface area contributed by atoms with Crippen LogP contribution in [0.4, 0.5) is 0 Å². The van der Waals surface area contributed by atoms with Crippen molar-refractivity contribution in [1.82, 2.24) is 5.32 Å². The van der Waals surface area contributed by atoms with E-state index in [1.165, 1.54) is 11.1 Å². The molecule has 0 heterocycles. The standard InChI is InChI=1S/C15H24N2O2/c1-11(2)13-5-3-12(4-6-13)7-9-17-10-8-14(16)15(18)19/h3-6,11,14,17H,7-10,16H2,1-2H3,(H,18,19). The fourth-order valence-electron chi connectivity index (χ4n) is 1.81. The van der Waals surface area contributed by atoms with E-state index >= 15 is 0 Å². The van der Waals surface area contributed by atoms with Crippen LogP contribution in [0.15, 0.2) is 24.3 Å². The number of rotatable bonds is 8. The Morgan fingerprint density at radius 3 is 2.42 bits per heavy atom. The molecule has 1 rings (SSSR count). The average Bonchev–Trinajstić information content (AvgIpc) is 2.38. The van der Waals surface area contributed by atoms with E-state index in [0.29, 0.717) is 18.9 Å². The maximum atomic E-state index is 10.5. The second-order valence-electron chi connectivity index (χ2n) is 5.13. The topological polar surface area (TPSA) is 75.3 Å². The minimum Gasteiger partial charge on any atom is -0.480 e. The zero-order valence-corrected chi connectivity index (χ0v) is 11.7. The summed E-state index contributed by atoms with van der Waals surface area (Å²) in [6, 6.07) is 7.87. The third-order valence-corrected chi connectivity index (χ3v) is 3.19. The van der Waals surface area contributed by atoms with Gasteiger partial charge >= 0.3 is 5.97 Å². The van der Waals surface area contributed by atoms with E-state index in [9.17, 15) is 4.79 Å². The number of hydrogen-bond donors (Lipinski definition) is 3. The van der Waals surface area contributed by atoms with Crippen molar-refractivity contribution in [2.75, 3.05) is 13.1 Å². The van der Waals surface area contributed by atoms with Crippen molar-refractivity contribution in [3.05, 3.63) is 35.4 Å². The van der Waals surface area contributed by atoms with Crippen molar-refractivity contribution in [3.63, 3.8) is 0 Å². The summed E-state index contributed by atoms with van der Waals surface area (Å²) in [6.07, 6.45) is 1.41. The van der Waals surface area contributed by atoms with E-state index in [4.69, 9.17) is 10.8 Å². The monoisotopic (exact) mass is 264 g/mol. The summed E-state index contributed by atoms with van der Waals surface area (Å²) >= 11 is 0. The van der Waals surface area contributed by atoms with E-state index in [-0.39, 0.29) is 0 Å². The van der Waals surface area contributed by atoms with Gasteiger partial charge in [-0.2, -0.15) is 0 Å². The van der Waals surface area contributed by atoms with Crippen LogP contribution >= 0.6 is 0 Å². The first-order valence-corrected chi connectivity index (χ1v) is 6.78. The fraction of sp³-hybridized carbons (Fsp3) is 0.533. The van der Waals surface area contributed by atoms with E-state index in [0.717, 1.165) is 13.0 Å². The molecule has 0 aliphatic rings. The highest BCUT2D eigenvalue weighted by Gasteiger charge is 2.09. The van der Waals surface area contributed by atoms with Crippen molar-refractivity contribution < 1.29 is 9.90 Å². The van der Waals surface area contributed by atoms with Gasteiger partial charge in [-0.05, 0) is 43.0 Å². The summed E-state index contributed by atoms with van der Waals surface area (Å²) in [6.45, 7) is 5.84. The van der Waals surface area contributed by atoms with Gasteiger partial charge in [-0.1, -0.05) is 38.1 Å². The predicted molar refractivity (Wildman–Crippen MR) is 77.3 cm³/mol. The Morgan fingerprint density at radius 1 is 1.26 bits per heavy atom. The smallest absolute Gasteiger partial charge is 0.320 e. The van der Waals surface area contributed by atoms with Crippen LogP contribution in [-0.2, 0) is 11.2 Å². The zero-order chi connectivity index (χ0) is 14.3. The molecule has 1 aromatic rings. The molecule has 1 aromatic carbocycles. The molecule has 4 heteroatoms. The summed E-state index contributed by atoms with van der Waals surface area (Å²) in [5.41, 5.74) is 8.06. The summed E-state index contributed by atoms with van der Waals surface area (Å²) in [4.78, 5) is 10.5. The molecule has 0 amide bonds. The van der Waals surface area contributed by atoms with Gasteiger partial charge in [0.2, 0.25) is 0 Å². The molecule has 0 aliphatic carbocycles. The van der Waals surface area contributed by atoms with Gasteiger partial charge < -0.3 is 16.2 Å². The fourth-order valence-corrected chi connectivity index (χ4v) is 1.81. The second-order valence-corrected chi connectivity index (χ2v) is 5.13. The van der Waals surface area contributed by atoms with Crippen LogP contribution in [0, 0.1) is 0 Å². The van der Waals surface area contributed by atoms with Crippen molar-refractivity contribution in [1.29, 1.82) is 0 Å². The molecule has 0 spiro atoms. The minimum absolute atomic E-state index is 0.460. The lowest BCUT2D eigenvalue weighted by molar-refractivity contribution is -0.138. The summed E-state index contributed by atoms with van der Waals surface area (Å²) in [5.74, 6) is -0.379. The van der Waals surface area contributed by atoms with Gasteiger partial charge in [0.1, 0.15) is 6.04 Å². The highest BCUT2D eigenvalue weighted by molar-refractivity contribution is 5.72. The predicted octanol–water partition coefficient (Wildman–Crippen LogP) is 1.74. The number of nitrogens with two attached hydrogens (primary N) is 1. The van der Waals surface area contributed by atoms with Crippen LogP contribution in [-0.4, -0.2) is 30.2 Å². The average molecular weight is 264 g/mol. The van der Waals surface area contributed by atoms with Gasteiger partial charge in [-0.25, -0.2) is 0 Å². The van der Waals surface area contributed by atoms with Gasteiger partial charge in [0.25, 0.3) is 0 Å². The highest BCUT2D eigenvalue weighted by Crippen LogP contribution is 2.14. The molecule has 4 N–H and O–H groups in total. The maximum Gasteiger partial charge on any atom is 0.320 e. The first kappa shape index (κ1) is 15.7. The Morgan fingerprint density at radius 2 is 1.89 bits per heavy atom. The van der Waals surface area contributed by atoms with E-state index in [2.05, 4.69) is 43.4 Å². The lowest BCUT2D eigenvalue weighted by atomic mass is 10.0. The van der Waals surface area contributed by atoms with Gasteiger partial charge in [0.15, 0.2) is 0 Å². The number of benzene rings is 1. The SMILES string of the molecule is CC(C)c1ccc(CCNCCC(N)C(=O)O)cc1. The van der Waals surface area contributed by atoms with E-state index in [1.807, 2.05) is 0 Å². The van der Waals surface area contributed by atoms with Gasteiger partial charge in [-0.15, -0.1) is 0 Å². The van der Waals surface area contributed by atoms with Crippen LogP contribution in [0.1, 0.15) is 37.3 Å². The molecule has 0 fully saturated rings. The molecule has 106 valence electrons. The number of nitrogens with one attached hydrogen (secondary N) is 1. The lowest BCUT2D eigenvalue weighted by Crippen LogP contribution is -2.34. The quantitative estimate of drug-likeness (QED) is 0.625. The summed E-state index contributed by atoms with van der Waals surface area (Å²) in [5, 5.41) is 11.8. The molecule has 1 unspecified atom stereocenters. The van der Waals surface area contributed by atoms with Gasteiger partial charge in [0.05, 0.1) is 0 Å². The first-order chi connectivity index (χ1) is 9.00. The third kappa shape index (κ3) is 5.85. The molecule has 0 bridgehead atoms. The molecule has 19 heavy (non-hydrogen) atoms.